The van der Waals surface area contributed by atoms with Crippen molar-refractivity contribution in [2.24, 2.45) is 23.7 Å². The van der Waals surface area contributed by atoms with Crippen LogP contribution in [-0.2, 0) is 38.1 Å². The number of rotatable bonds is 26. The predicted molar refractivity (Wildman–Crippen MR) is 227 cm³/mol. The molecule has 1 saturated heterocycles. The van der Waals surface area contributed by atoms with Crippen LogP contribution in [0.2, 0.25) is 0 Å². The van der Waals surface area contributed by atoms with Crippen molar-refractivity contribution < 1.29 is 38.1 Å². The van der Waals surface area contributed by atoms with Gasteiger partial charge in [0.05, 0.1) is 39.3 Å². The van der Waals surface area contributed by atoms with Crippen molar-refractivity contribution in [3.63, 3.8) is 0 Å². The highest BCUT2D eigenvalue weighted by atomic mass is 16.5. The highest BCUT2D eigenvalue weighted by Crippen LogP contribution is 2.30. The average Bonchev–Trinajstić information content (AvgIpc) is 3.20. The van der Waals surface area contributed by atoms with Gasteiger partial charge in [0, 0.05) is 25.9 Å². The van der Waals surface area contributed by atoms with Gasteiger partial charge in [-0.15, -0.1) is 0 Å². The zero-order valence-electron chi connectivity index (χ0n) is 37.3. The second kappa shape index (κ2) is 31.6. The lowest BCUT2D eigenvalue weighted by Crippen LogP contribution is -2.33. The molecule has 3 rings (SSSR count). The number of nitrogens with zero attached hydrogens (tertiary/aromatic N) is 4. The van der Waals surface area contributed by atoms with E-state index in [-0.39, 0.29) is 23.9 Å². The van der Waals surface area contributed by atoms with E-state index < -0.39 is 0 Å². The second-order valence-corrected chi connectivity index (χ2v) is 17.5. The zero-order valence-corrected chi connectivity index (χ0v) is 37.3. The summed E-state index contributed by atoms with van der Waals surface area (Å²) in [6.07, 6.45) is 18.4. The molecule has 2 aliphatic carbocycles. The molecule has 1 aliphatic heterocycles. The van der Waals surface area contributed by atoms with Crippen LogP contribution >= 0.6 is 0 Å². The fourth-order valence-electron chi connectivity index (χ4n) is 7.86. The molecule has 0 unspecified atom stereocenters. The summed E-state index contributed by atoms with van der Waals surface area (Å²) in [5.41, 5.74) is 0. The molecule has 0 aromatic heterocycles. The van der Waals surface area contributed by atoms with Crippen molar-refractivity contribution in [3.05, 3.63) is 0 Å². The van der Waals surface area contributed by atoms with Crippen LogP contribution in [0.4, 0.5) is 0 Å². The number of carbonyl (C=O) groups is 4. The first-order valence-corrected chi connectivity index (χ1v) is 22.8. The summed E-state index contributed by atoms with van der Waals surface area (Å²) < 4.78 is 21.7. The van der Waals surface area contributed by atoms with Gasteiger partial charge in [0.25, 0.3) is 0 Å². The molecule has 0 radical (unpaired) electrons. The van der Waals surface area contributed by atoms with Crippen molar-refractivity contribution in [3.8, 4) is 0 Å². The normalized spacial score (nSPS) is 21.5. The minimum atomic E-state index is -0.0925. The molecule has 57 heavy (non-hydrogen) atoms. The smallest absolute Gasteiger partial charge is 0.307 e. The first-order chi connectivity index (χ1) is 27.5. The molecule has 12 nitrogen and oxygen atoms in total. The van der Waals surface area contributed by atoms with Gasteiger partial charge >= 0.3 is 23.9 Å². The summed E-state index contributed by atoms with van der Waals surface area (Å²) >= 11 is 0. The van der Waals surface area contributed by atoms with Crippen LogP contribution in [0.25, 0.3) is 0 Å². The maximum absolute atomic E-state index is 12.1. The molecule has 3 aliphatic rings. The lowest BCUT2D eigenvalue weighted by atomic mass is 9.83. The molecule has 0 aromatic carbocycles. The van der Waals surface area contributed by atoms with E-state index in [9.17, 15) is 19.2 Å². The third-order valence-corrected chi connectivity index (χ3v) is 11.8. The molecular formula is C45H84N4O8. The Hall–Kier alpha value is -2.28. The van der Waals surface area contributed by atoms with Crippen LogP contribution in [-0.4, -0.2) is 150 Å². The molecular weight excluding hydrogens is 725 g/mol. The summed E-state index contributed by atoms with van der Waals surface area (Å²) in [5, 5.41) is 0. The number of hydrogen-bond acceptors (Lipinski definition) is 12. The fourth-order valence-corrected chi connectivity index (χ4v) is 7.86. The molecule has 0 amide bonds. The van der Waals surface area contributed by atoms with Crippen molar-refractivity contribution in [1.29, 1.82) is 0 Å². The Morgan fingerprint density at radius 1 is 0.474 bits per heavy atom. The minimum Gasteiger partial charge on any atom is -0.465 e. The maximum Gasteiger partial charge on any atom is 0.307 e. The Balaban J connectivity index is 0.000000396. The largest absolute Gasteiger partial charge is 0.465 e. The molecule has 0 bridgehead atoms. The molecule has 1 heterocycles. The summed E-state index contributed by atoms with van der Waals surface area (Å²) in [7, 11) is 8.29. The second-order valence-electron chi connectivity index (χ2n) is 17.5. The molecule has 0 atom stereocenters. The zero-order chi connectivity index (χ0) is 41.7. The van der Waals surface area contributed by atoms with E-state index in [0.717, 1.165) is 103 Å². The predicted octanol–water partition coefficient (Wildman–Crippen LogP) is 6.83. The topological polar surface area (TPSA) is 118 Å². The number of carbonyl (C=O) groups excluding carboxylic acids is 4. The molecule has 0 spiro atoms. The highest BCUT2D eigenvalue weighted by Gasteiger charge is 2.25. The molecule has 0 aromatic rings. The quantitative estimate of drug-likeness (QED) is 0.0674. The van der Waals surface area contributed by atoms with E-state index in [1.54, 1.807) is 0 Å². The SMILES string of the molecule is CCCC(=O)OCC1CCC(COC(=O)CCN(C)CCCN(C)C)CC1.CCCC(=O)OCC1CCC(COC(=O)CCN(C)CCCN2CCCCC2)CC1. The highest BCUT2D eigenvalue weighted by molar-refractivity contribution is 5.70. The minimum absolute atomic E-state index is 0.0755. The van der Waals surface area contributed by atoms with Crippen molar-refractivity contribution in [2.75, 3.05) is 107 Å². The third kappa shape index (κ3) is 26.4. The monoisotopic (exact) mass is 809 g/mol. The number of likely N-dealkylation sites (tertiary alicyclic amines) is 1. The van der Waals surface area contributed by atoms with E-state index in [1.165, 1.54) is 45.3 Å². The first kappa shape index (κ1) is 50.9. The van der Waals surface area contributed by atoms with Crippen LogP contribution in [0.3, 0.4) is 0 Å². The molecule has 3 fully saturated rings. The van der Waals surface area contributed by atoms with Gasteiger partial charge < -0.3 is 38.5 Å². The van der Waals surface area contributed by atoms with Gasteiger partial charge in [0.1, 0.15) is 0 Å². The summed E-state index contributed by atoms with van der Waals surface area (Å²) in [4.78, 5) is 56.2. The summed E-state index contributed by atoms with van der Waals surface area (Å²) in [5.74, 6) is 1.52. The van der Waals surface area contributed by atoms with Crippen molar-refractivity contribution in [1.82, 2.24) is 19.6 Å². The van der Waals surface area contributed by atoms with E-state index in [2.05, 4.69) is 47.8 Å². The Labute approximate surface area is 347 Å². The number of ether oxygens (including phenoxy) is 4. The lowest BCUT2D eigenvalue weighted by molar-refractivity contribution is -0.147. The Morgan fingerprint density at radius 2 is 0.825 bits per heavy atom. The summed E-state index contributed by atoms with van der Waals surface area (Å²) in [6.45, 7) is 14.5. The molecule has 332 valence electrons. The number of hydrogen-bond donors (Lipinski definition) is 0. The number of piperidine rings is 1. The van der Waals surface area contributed by atoms with Crippen LogP contribution in [0, 0.1) is 23.7 Å². The van der Waals surface area contributed by atoms with Gasteiger partial charge in [-0.1, -0.05) is 20.3 Å². The third-order valence-electron chi connectivity index (χ3n) is 11.8. The summed E-state index contributed by atoms with van der Waals surface area (Å²) in [6, 6.07) is 0. The Kier molecular flexibility index (Phi) is 28.2. The first-order valence-electron chi connectivity index (χ1n) is 22.8. The fraction of sp³-hybridized carbons (Fsp3) is 0.911. The Morgan fingerprint density at radius 3 is 1.18 bits per heavy atom. The van der Waals surface area contributed by atoms with Gasteiger partial charge in [-0.25, -0.2) is 0 Å². The van der Waals surface area contributed by atoms with Crippen molar-refractivity contribution >= 4 is 23.9 Å². The van der Waals surface area contributed by atoms with Gasteiger partial charge in [-0.2, -0.15) is 0 Å². The maximum atomic E-state index is 12.1. The van der Waals surface area contributed by atoms with E-state index in [1.807, 2.05) is 13.8 Å². The van der Waals surface area contributed by atoms with Crippen LogP contribution in [0.1, 0.15) is 136 Å². The van der Waals surface area contributed by atoms with E-state index >= 15 is 0 Å². The Bertz CT molecular complexity index is 1070. The van der Waals surface area contributed by atoms with E-state index in [4.69, 9.17) is 18.9 Å². The van der Waals surface area contributed by atoms with Crippen molar-refractivity contribution in [2.45, 2.75) is 136 Å². The molecule has 2 saturated carbocycles. The van der Waals surface area contributed by atoms with Gasteiger partial charge in [-0.05, 0) is 181 Å². The molecule has 0 N–H and O–H groups in total. The van der Waals surface area contributed by atoms with Crippen LogP contribution in [0.15, 0.2) is 0 Å². The van der Waals surface area contributed by atoms with Gasteiger partial charge in [-0.3, -0.25) is 19.2 Å². The van der Waals surface area contributed by atoms with Crippen LogP contribution in [0.5, 0.6) is 0 Å². The molecule has 12 heteroatoms. The van der Waals surface area contributed by atoms with Crippen LogP contribution < -0.4 is 0 Å². The average molecular weight is 809 g/mol. The lowest BCUT2D eigenvalue weighted by Gasteiger charge is -2.28. The number of esters is 4. The van der Waals surface area contributed by atoms with Gasteiger partial charge in [0.15, 0.2) is 0 Å². The standard InChI is InChI=1S/C24H44N2O4.C21H40N2O4/c1-3-8-23(27)29-19-21-9-11-22(12-10-21)20-30-24(28)13-18-25(2)14-7-17-26-15-5-4-6-16-26;1-5-7-20(24)26-16-18-8-10-19(11-9-18)17-27-21(25)12-15-23(4)14-6-13-22(2)3/h21-22H,3-20H2,1-2H3;18-19H,5-17H2,1-4H3. The van der Waals surface area contributed by atoms with Gasteiger partial charge in [0.2, 0.25) is 0 Å². The van der Waals surface area contributed by atoms with E-state index in [0.29, 0.717) is 75.8 Å².